The average Bonchev–Trinajstić information content (AvgIpc) is 2.26. The molecule has 1 heterocycles. The summed E-state index contributed by atoms with van der Waals surface area (Å²) in [7, 11) is 0. The lowest BCUT2D eigenvalue weighted by Gasteiger charge is -2.07. The molecule has 15 heavy (non-hydrogen) atoms. The Kier molecular flexibility index (Phi) is 3.87. The van der Waals surface area contributed by atoms with E-state index in [0.717, 1.165) is 0 Å². The third kappa shape index (κ3) is 3.43. The maximum absolute atomic E-state index is 11.6. The van der Waals surface area contributed by atoms with Gasteiger partial charge >= 0.3 is 0 Å². The Balaban J connectivity index is 2.70. The highest BCUT2D eigenvalue weighted by molar-refractivity contribution is 5.94. The van der Waals surface area contributed by atoms with Gasteiger partial charge in [0.2, 0.25) is 0 Å². The lowest BCUT2D eigenvalue weighted by Crippen LogP contribution is -2.27. The van der Waals surface area contributed by atoms with Gasteiger partial charge in [-0.25, -0.2) is 0 Å². The molecule has 0 saturated carbocycles. The van der Waals surface area contributed by atoms with Crippen molar-refractivity contribution >= 4 is 5.91 Å². The highest BCUT2D eigenvalue weighted by Crippen LogP contribution is 2.01. The molecular formula is C12H14N2O. The minimum Gasteiger partial charge on any atom is -0.352 e. The number of rotatable bonds is 3. The molecule has 0 unspecified atom stereocenters. The van der Waals surface area contributed by atoms with Gasteiger partial charge in [0.25, 0.3) is 5.91 Å². The quantitative estimate of drug-likeness (QED) is 0.754. The van der Waals surface area contributed by atoms with Crippen LogP contribution in [0.1, 0.15) is 29.8 Å². The third-order valence-corrected chi connectivity index (χ3v) is 1.84. The normalized spacial score (nSPS) is 9.73. The van der Waals surface area contributed by atoms with Gasteiger partial charge in [-0.1, -0.05) is 19.8 Å². The minimum absolute atomic E-state index is 0.131. The molecular weight excluding hydrogens is 188 g/mol. The van der Waals surface area contributed by atoms with Gasteiger partial charge in [0.1, 0.15) is 0 Å². The van der Waals surface area contributed by atoms with Gasteiger partial charge in [0.15, 0.2) is 0 Å². The van der Waals surface area contributed by atoms with E-state index in [1.807, 2.05) is 13.8 Å². The Morgan fingerprint density at radius 3 is 2.93 bits per heavy atom. The van der Waals surface area contributed by atoms with Crippen LogP contribution in [0.25, 0.3) is 0 Å². The number of carbonyl (C=O) groups is 1. The van der Waals surface area contributed by atoms with Crippen LogP contribution in [0, 0.1) is 18.3 Å². The van der Waals surface area contributed by atoms with Gasteiger partial charge in [0, 0.05) is 24.5 Å². The van der Waals surface area contributed by atoms with Crippen molar-refractivity contribution in [2.45, 2.75) is 13.8 Å². The predicted molar refractivity (Wildman–Crippen MR) is 59.3 cm³/mol. The zero-order valence-corrected chi connectivity index (χ0v) is 8.95. The molecule has 3 heteroatoms. The van der Waals surface area contributed by atoms with Crippen LogP contribution >= 0.6 is 0 Å². The predicted octanol–water partition coefficient (Wildman–Crippen LogP) is 1.45. The number of hydrogen-bond donors (Lipinski definition) is 1. The molecule has 3 nitrogen and oxygen atoms in total. The fourth-order valence-electron chi connectivity index (χ4n) is 1.04. The van der Waals surface area contributed by atoms with Gasteiger partial charge < -0.3 is 5.32 Å². The second kappa shape index (κ2) is 5.16. The summed E-state index contributed by atoms with van der Waals surface area (Å²) in [6.45, 7) is 4.73. The standard InChI is InChI=1S/C12H14N2O/c1-4-10-5-11(8-13-7-10)12(15)14-6-9(2)3/h1,5,7-9H,6H2,2-3H3,(H,14,15). The number of nitrogens with zero attached hydrogens (tertiary/aromatic N) is 1. The molecule has 1 aromatic rings. The molecule has 78 valence electrons. The van der Waals surface area contributed by atoms with E-state index in [1.165, 1.54) is 6.20 Å². The maximum atomic E-state index is 11.6. The molecule has 0 spiro atoms. The first-order valence-corrected chi connectivity index (χ1v) is 4.83. The molecule has 1 aromatic heterocycles. The van der Waals surface area contributed by atoms with Crippen molar-refractivity contribution < 1.29 is 4.79 Å². The molecule has 0 aliphatic heterocycles. The summed E-state index contributed by atoms with van der Waals surface area (Å²) in [6, 6.07) is 1.66. The lowest BCUT2D eigenvalue weighted by atomic mass is 10.2. The lowest BCUT2D eigenvalue weighted by molar-refractivity contribution is 0.0948. The van der Waals surface area contributed by atoms with E-state index < -0.39 is 0 Å². The van der Waals surface area contributed by atoms with E-state index in [1.54, 1.807) is 12.3 Å². The largest absolute Gasteiger partial charge is 0.352 e. The summed E-state index contributed by atoms with van der Waals surface area (Å²) in [5.74, 6) is 2.74. The van der Waals surface area contributed by atoms with E-state index in [-0.39, 0.29) is 5.91 Å². The second-order valence-electron chi connectivity index (χ2n) is 3.71. The molecule has 0 aliphatic carbocycles. The molecule has 1 rings (SSSR count). The molecule has 1 amide bonds. The number of carbonyl (C=O) groups excluding carboxylic acids is 1. The first kappa shape index (κ1) is 11.3. The van der Waals surface area contributed by atoms with Gasteiger partial charge in [-0.3, -0.25) is 9.78 Å². The number of aromatic nitrogens is 1. The van der Waals surface area contributed by atoms with Gasteiger partial charge in [-0.2, -0.15) is 0 Å². The summed E-state index contributed by atoms with van der Waals surface area (Å²) in [5.41, 5.74) is 1.12. The molecule has 0 radical (unpaired) electrons. The number of terminal acetylenes is 1. The van der Waals surface area contributed by atoms with Crippen molar-refractivity contribution in [2.75, 3.05) is 6.54 Å². The van der Waals surface area contributed by atoms with E-state index >= 15 is 0 Å². The zero-order chi connectivity index (χ0) is 11.3. The van der Waals surface area contributed by atoms with E-state index in [9.17, 15) is 4.79 Å². The smallest absolute Gasteiger partial charge is 0.252 e. The van der Waals surface area contributed by atoms with Crippen LogP contribution in [0.15, 0.2) is 18.5 Å². The Hall–Kier alpha value is -1.82. The van der Waals surface area contributed by atoms with Crippen LogP contribution in [0.5, 0.6) is 0 Å². The van der Waals surface area contributed by atoms with Gasteiger partial charge in [0.05, 0.1) is 5.56 Å². The van der Waals surface area contributed by atoms with Crippen LogP contribution in [0.4, 0.5) is 0 Å². The van der Waals surface area contributed by atoms with Gasteiger partial charge in [-0.05, 0) is 12.0 Å². The molecule has 0 aliphatic rings. The average molecular weight is 202 g/mol. The molecule has 0 aromatic carbocycles. The molecule has 0 atom stereocenters. The second-order valence-corrected chi connectivity index (χ2v) is 3.71. The zero-order valence-electron chi connectivity index (χ0n) is 8.95. The van der Waals surface area contributed by atoms with Crippen LogP contribution in [-0.2, 0) is 0 Å². The summed E-state index contributed by atoms with van der Waals surface area (Å²) in [4.78, 5) is 15.5. The number of amides is 1. The first-order valence-electron chi connectivity index (χ1n) is 4.83. The highest BCUT2D eigenvalue weighted by atomic mass is 16.1. The van der Waals surface area contributed by atoms with E-state index in [4.69, 9.17) is 6.42 Å². The van der Waals surface area contributed by atoms with E-state index in [2.05, 4.69) is 16.2 Å². The third-order valence-electron chi connectivity index (χ3n) is 1.84. The molecule has 1 N–H and O–H groups in total. The maximum Gasteiger partial charge on any atom is 0.252 e. The number of nitrogens with one attached hydrogen (secondary N) is 1. The fourth-order valence-corrected chi connectivity index (χ4v) is 1.04. The highest BCUT2D eigenvalue weighted by Gasteiger charge is 2.06. The SMILES string of the molecule is C#Cc1cncc(C(=O)NCC(C)C)c1. The molecule has 0 bridgehead atoms. The van der Waals surface area contributed by atoms with Crippen LogP contribution < -0.4 is 5.32 Å². The Bertz CT molecular complexity index is 391. The van der Waals surface area contributed by atoms with Crippen molar-refractivity contribution in [3.8, 4) is 12.3 Å². The Morgan fingerprint density at radius 2 is 2.33 bits per heavy atom. The minimum atomic E-state index is -0.131. The van der Waals surface area contributed by atoms with E-state index in [0.29, 0.717) is 23.6 Å². The summed E-state index contributed by atoms with van der Waals surface area (Å²) < 4.78 is 0. The molecule has 0 fully saturated rings. The van der Waals surface area contributed by atoms with Crippen molar-refractivity contribution in [3.63, 3.8) is 0 Å². The van der Waals surface area contributed by atoms with Crippen LogP contribution in [-0.4, -0.2) is 17.4 Å². The van der Waals surface area contributed by atoms with Crippen molar-refractivity contribution in [1.82, 2.24) is 10.3 Å². The summed E-state index contributed by atoms with van der Waals surface area (Å²) in [6.07, 6.45) is 8.28. The summed E-state index contributed by atoms with van der Waals surface area (Å²) in [5, 5.41) is 2.80. The van der Waals surface area contributed by atoms with Crippen molar-refractivity contribution in [2.24, 2.45) is 5.92 Å². The van der Waals surface area contributed by atoms with Crippen molar-refractivity contribution in [3.05, 3.63) is 29.6 Å². The van der Waals surface area contributed by atoms with Crippen LogP contribution in [0.2, 0.25) is 0 Å². The molecule has 0 saturated heterocycles. The first-order chi connectivity index (χ1) is 7.13. The Labute approximate surface area is 89.9 Å². The monoisotopic (exact) mass is 202 g/mol. The van der Waals surface area contributed by atoms with Crippen LogP contribution in [0.3, 0.4) is 0 Å². The fraction of sp³-hybridized carbons (Fsp3) is 0.333. The Morgan fingerprint density at radius 1 is 1.60 bits per heavy atom. The topological polar surface area (TPSA) is 42.0 Å². The number of hydrogen-bond acceptors (Lipinski definition) is 2. The van der Waals surface area contributed by atoms with Crippen molar-refractivity contribution in [1.29, 1.82) is 0 Å². The van der Waals surface area contributed by atoms with Gasteiger partial charge in [-0.15, -0.1) is 6.42 Å². The summed E-state index contributed by atoms with van der Waals surface area (Å²) >= 11 is 0. The number of pyridine rings is 1.